The molecular formula is C29H25Cl2N3O2. The van der Waals surface area contributed by atoms with Gasteiger partial charge >= 0.3 is 0 Å². The van der Waals surface area contributed by atoms with Crippen LogP contribution in [0.5, 0.6) is 0 Å². The van der Waals surface area contributed by atoms with Crippen LogP contribution in [0.2, 0.25) is 10.0 Å². The van der Waals surface area contributed by atoms with Crippen LogP contribution in [0.3, 0.4) is 0 Å². The van der Waals surface area contributed by atoms with Crippen molar-refractivity contribution in [1.82, 2.24) is 14.9 Å². The first-order valence-electron chi connectivity index (χ1n) is 12.1. The summed E-state index contributed by atoms with van der Waals surface area (Å²) in [6.45, 7) is 0. The number of nitrogens with one attached hydrogen (secondary N) is 1. The van der Waals surface area contributed by atoms with Crippen LogP contribution < -0.4 is 10.9 Å². The van der Waals surface area contributed by atoms with Crippen molar-refractivity contribution in [3.8, 4) is 28.2 Å². The minimum Gasteiger partial charge on any atom is -0.348 e. The lowest BCUT2D eigenvalue weighted by Crippen LogP contribution is -2.40. The molecule has 5 rings (SSSR count). The molecule has 1 aliphatic carbocycles. The maximum absolute atomic E-state index is 14.0. The minimum atomic E-state index is -0.394. The zero-order valence-corrected chi connectivity index (χ0v) is 21.1. The van der Waals surface area contributed by atoms with E-state index in [1.807, 2.05) is 42.5 Å². The summed E-state index contributed by atoms with van der Waals surface area (Å²) >= 11 is 12.5. The van der Waals surface area contributed by atoms with Crippen molar-refractivity contribution in [2.45, 2.75) is 38.1 Å². The maximum atomic E-state index is 14.0. The number of halogens is 2. The largest absolute Gasteiger partial charge is 0.348 e. The van der Waals surface area contributed by atoms with E-state index in [-0.39, 0.29) is 23.3 Å². The molecule has 0 atom stereocenters. The Morgan fingerprint density at radius 3 is 2.19 bits per heavy atom. The lowest BCUT2D eigenvalue weighted by molar-refractivity contribution is 0.0920. The molecular weight excluding hydrogens is 493 g/mol. The Bertz CT molecular complexity index is 1440. The number of nitrogens with zero attached hydrogens (tertiary/aromatic N) is 2. The molecule has 1 aromatic heterocycles. The van der Waals surface area contributed by atoms with E-state index in [0.717, 1.165) is 25.7 Å². The van der Waals surface area contributed by atoms with Crippen molar-refractivity contribution < 1.29 is 4.79 Å². The molecule has 1 saturated carbocycles. The molecule has 1 aliphatic rings. The average molecular weight is 518 g/mol. The smallest absolute Gasteiger partial charge is 0.282 e. The van der Waals surface area contributed by atoms with Gasteiger partial charge in [-0.2, -0.15) is 0 Å². The molecule has 0 saturated heterocycles. The van der Waals surface area contributed by atoms with Gasteiger partial charge in [-0.15, -0.1) is 0 Å². The fourth-order valence-electron chi connectivity index (χ4n) is 4.69. The topological polar surface area (TPSA) is 64.0 Å². The summed E-state index contributed by atoms with van der Waals surface area (Å²) in [7, 11) is 0. The van der Waals surface area contributed by atoms with Gasteiger partial charge in [-0.25, -0.2) is 4.98 Å². The molecule has 0 spiro atoms. The van der Waals surface area contributed by atoms with E-state index in [4.69, 9.17) is 28.2 Å². The molecule has 7 heteroatoms. The number of carbonyl (C=O) groups is 1. The highest BCUT2D eigenvalue weighted by molar-refractivity contribution is 6.31. The Morgan fingerprint density at radius 1 is 0.806 bits per heavy atom. The maximum Gasteiger partial charge on any atom is 0.282 e. The fraction of sp³-hybridized carbons (Fsp3) is 0.207. The van der Waals surface area contributed by atoms with Crippen molar-refractivity contribution in [2.75, 3.05) is 0 Å². The van der Waals surface area contributed by atoms with Crippen molar-refractivity contribution in [3.63, 3.8) is 0 Å². The summed E-state index contributed by atoms with van der Waals surface area (Å²) in [6, 6.07) is 23.4. The highest BCUT2D eigenvalue weighted by Crippen LogP contribution is 2.28. The molecule has 36 heavy (non-hydrogen) atoms. The molecule has 0 bridgehead atoms. The molecule has 0 aliphatic heterocycles. The predicted octanol–water partition coefficient (Wildman–Crippen LogP) is 6.94. The quantitative estimate of drug-likeness (QED) is 0.312. The van der Waals surface area contributed by atoms with E-state index >= 15 is 0 Å². The number of aromatic nitrogens is 2. The van der Waals surface area contributed by atoms with Gasteiger partial charge in [0.05, 0.1) is 5.69 Å². The molecule has 5 nitrogen and oxygen atoms in total. The van der Waals surface area contributed by atoms with Gasteiger partial charge in [-0.3, -0.25) is 14.2 Å². The third kappa shape index (κ3) is 5.08. The van der Waals surface area contributed by atoms with Crippen molar-refractivity contribution in [3.05, 3.63) is 105 Å². The van der Waals surface area contributed by atoms with Crippen molar-refractivity contribution >= 4 is 29.1 Å². The number of hydrogen-bond donors (Lipinski definition) is 1. The van der Waals surface area contributed by atoms with Crippen LogP contribution in [0, 0.1) is 0 Å². The van der Waals surface area contributed by atoms with E-state index in [0.29, 0.717) is 32.6 Å². The summed E-state index contributed by atoms with van der Waals surface area (Å²) < 4.78 is 1.43. The highest BCUT2D eigenvalue weighted by atomic mass is 35.5. The summed E-state index contributed by atoms with van der Waals surface area (Å²) in [5.41, 5.74) is 2.27. The summed E-state index contributed by atoms with van der Waals surface area (Å²) in [4.78, 5) is 32.7. The zero-order valence-electron chi connectivity index (χ0n) is 19.6. The molecule has 182 valence electrons. The standard InChI is InChI=1S/C29H25Cl2N3O2/c30-21-16-14-20(15-17-21)25-27(28(35)32-23-11-5-2-6-12-23)34(24-13-7-10-22(31)18-24)29(36)26(33-25)19-8-3-1-4-9-19/h1,3-4,7-10,13-18,23H,2,5-6,11-12H2,(H,32,35). The van der Waals surface area contributed by atoms with Gasteiger partial charge in [0.25, 0.3) is 11.5 Å². The number of benzene rings is 3. The number of amides is 1. The second kappa shape index (κ2) is 10.7. The molecule has 4 aromatic rings. The summed E-state index contributed by atoms with van der Waals surface area (Å²) in [5, 5.41) is 4.20. The first-order chi connectivity index (χ1) is 17.5. The molecule has 1 N–H and O–H groups in total. The van der Waals surface area contributed by atoms with Crippen LogP contribution in [-0.4, -0.2) is 21.5 Å². The van der Waals surface area contributed by atoms with E-state index in [1.165, 1.54) is 11.0 Å². The number of rotatable bonds is 5. The normalized spacial score (nSPS) is 13.9. The molecule has 3 aromatic carbocycles. The SMILES string of the molecule is O=C(NC1CCCCC1)c1c(-c2ccc(Cl)cc2)nc(-c2ccccc2)c(=O)n1-c1cccc(Cl)c1. The molecule has 1 fully saturated rings. The van der Waals surface area contributed by atoms with E-state index < -0.39 is 5.56 Å². The van der Waals surface area contributed by atoms with Crippen LogP contribution in [0.15, 0.2) is 83.7 Å². The third-order valence-electron chi connectivity index (χ3n) is 6.46. The van der Waals surface area contributed by atoms with Gasteiger partial charge in [0, 0.05) is 27.2 Å². The Balaban J connectivity index is 1.80. The average Bonchev–Trinajstić information content (AvgIpc) is 2.90. The minimum absolute atomic E-state index is 0.0565. The monoisotopic (exact) mass is 517 g/mol. The Labute approximate surface area is 219 Å². The molecule has 1 heterocycles. The van der Waals surface area contributed by atoms with Gasteiger partial charge in [-0.1, -0.05) is 91.0 Å². The van der Waals surface area contributed by atoms with Crippen LogP contribution in [0.1, 0.15) is 42.6 Å². The van der Waals surface area contributed by atoms with Crippen LogP contribution in [0.25, 0.3) is 28.2 Å². The second-order valence-electron chi connectivity index (χ2n) is 8.96. The fourth-order valence-corrected chi connectivity index (χ4v) is 5.00. The second-order valence-corrected chi connectivity index (χ2v) is 9.83. The van der Waals surface area contributed by atoms with Crippen LogP contribution in [0.4, 0.5) is 0 Å². The van der Waals surface area contributed by atoms with E-state index in [2.05, 4.69) is 5.32 Å². The van der Waals surface area contributed by atoms with Gasteiger partial charge in [0.15, 0.2) is 0 Å². The van der Waals surface area contributed by atoms with E-state index in [9.17, 15) is 9.59 Å². The first-order valence-corrected chi connectivity index (χ1v) is 12.8. The number of hydrogen-bond acceptors (Lipinski definition) is 3. The summed E-state index contributed by atoms with van der Waals surface area (Å²) in [6.07, 6.45) is 5.14. The summed E-state index contributed by atoms with van der Waals surface area (Å²) in [5.74, 6) is -0.337. The third-order valence-corrected chi connectivity index (χ3v) is 6.95. The van der Waals surface area contributed by atoms with Crippen LogP contribution >= 0.6 is 23.2 Å². The van der Waals surface area contributed by atoms with Crippen LogP contribution in [-0.2, 0) is 0 Å². The molecule has 1 amide bonds. The lowest BCUT2D eigenvalue weighted by Gasteiger charge is -2.25. The van der Waals surface area contributed by atoms with E-state index in [1.54, 1.807) is 36.4 Å². The lowest BCUT2D eigenvalue weighted by atomic mass is 9.95. The molecule has 0 unspecified atom stereocenters. The molecule has 0 radical (unpaired) electrons. The Morgan fingerprint density at radius 2 is 1.50 bits per heavy atom. The predicted molar refractivity (Wildman–Crippen MR) is 145 cm³/mol. The first kappa shape index (κ1) is 24.3. The zero-order chi connectivity index (χ0) is 25.1. The van der Waals surface area contributed by atoms with Gasteiger partial charge in [0.2, 0.25) is 0 Å². The Kier molecular flexibility index (Phi) is 7.21. The highest BCUT2D eigenvalue weighted by Gasteiger charge is 2.27. The number of carbonyl (C=O) groups excluding carboxylic acids is 1. The van der Waals surface area contributed by atoms with Gasteiger partial charge in [0.1, 0.15) is 17.1 Å². The van der Waals surface area contributed by atoms with Gasteiger partial charge < -0.3 is 5.32 Å². The van der Waals surface area contributed by atoms with Crippen molar-refractivity contribution in [2.24, 2.45) is 0 Å². The Hall–Kier alpha value is -3.41. The van der Waals surface area contributed by atoms with Gasteiger partial charge in [-0.05, 0) is 43.2 Å². The van der Waals surface area contributed by atoms with Crippen molar-refractivity contribution in [1.29, 1.82) is 0 Å².